The van der Waals surface area contributed by atoms with Gasteiger partial charge in [0.25, 0.3) is 0 Å². The molecule has 0 N–H and O–H groups in total. The van der Waals surface area contributed by atoms with E-state index in [1.165, 1.54) is 0 Å². The number of benzene rings is 1. The molecular weight excluding hydrogens is 279 g/mol. The van der Waals surface area contributed by atoms with E-state index in [4.69, 9.17) is 0 Å². The van der Waals surface area contributed by atoms with Gasteiger partial charge in [0.05, 0.1) is 12.9 Å². The molecule has 0 spiro atoms. The maximum Gasteiger partial charge on any atom is 0.315 e. The van der Waals surface area contributed by atoms with E-state index in [1.54, 1.807) is 0 Å². The molecular formula is C10H7F5O2S. The number of ether oxygens (including phenoxy) is 1. The van der Waals surface area contributed by atoms with Gasteiger partial charge >= 0.3 is 5.97 Å². The van der Waals surface area contributed by atoms with E-state index in [1.807, 2.05) is 0 Å². The molecule has 0 heterocycles. The van der Waals surface area contributed by atoms with Gasteiger partial charge in [0, 0.05) is 11.3 Å². The van der Waals surface area contributed by atoms with Crippen LogP contribution in [-0.2, 0) is 15.3 Å². The largest absolute Gasteiger partial charge is 0.468 e. The summed E-state index contributed by atoms with van der Waals surface area (Å²) in [4.78, 5) is 10.7. The van der Waals surface area contributed by atoms with Crippen LogP contribution in [0.3, 0.4) is 0 Å². The number of esters is 1. The Kier molecular flexibility index (Phi) is 4.94. The molecule has 0 fully saturated rings. The van der Waals surface area contributed by atoms with Gasteiger partial charge in [-0.2, -0.15) is 0 Å². The fourth-order valence-electron chi connectivity index (χ4n) is 1.07. The van der Waals surface area contributed by atoms with E-state index >= 15 is 0 Å². The van der Waals surface area contributed by atoms with E-state index in [0.717, 1.165) is 7.11 Å². The number of hydrogen-bond acceptors (Lipinski definition) is 3. The number of thioether (sulfide) groups is 1. The summed E-state index contributed by atoms with van der Waals surface area (Å²) in [6, 6.07) is 0. The van der Waals surface area contributed by atoms with Crippen molar-refractivity contribution in [3.05, 3.63) is 34.6 Å². The Morgan fingerprint density at radius 1 is 1.00 bits per heavy atom. The Bertz CT molecular complexity index is 449. The smallest absolute Gasteiger partial charge is 0.315 e. The fourth-order valence-corrected chi connectivity index (χ4v) is 1.92. The van der Waals surface area contributed by atoms with Crippen molar-refractivity contribution in [2.24, 2.45) is 0 Å². The highest BCUT2D eigenvalue weighted by atomic mass is 32.2. The molecule has 0 aliphatic carbocycles. The van der Waals surface area contributed by atoms with Crippen molar-refractivity contribution >= 4 is 17.7 Å². The van der Waals surface area contributed by atoms with Crippen LogP contribution in [0, 0.1) is 29.1 Å². The van der Waals surface area contributed by atoms with Gasteiger partial charge in [-0.25, -0.2) is 22.0 Å². The van der Waals surface area contributed by atoms with Crippen molar-refractivity contribution in [2.45, 2.75) is 5.75 Å². The molecule has 0 unspecified atom stereocenters. The highest BCUT2D eigenvalue weighted by molar-refractivity contribution is 7.99. The van der Waals surface area contributed by atoms with Crippen LogP contribution in [0.2, 0.25) is 0 Å². The van der Waals surface area contributed by atoms with Gasteiger partial charge in [0.1, 0.15) is 0 Å². The zero-order chi connectivity index (χ0) is 13.9. The van der Waals surface area contributed by atoms with Crippen LogP contribution in [0.25, 0.3) is 0 Å². The average molecular weight is 286 g/mol. The van der Waals surface area contributed by atoms with Gasteiger partial charge < -0.3 is 4.74 Å². The quantitative estimate of drug-likeness (QED) is 0.368. The van der Waals surface area contributed by atoms with Gasteiger partial charge in [-0.3, -0.25) is 4.79 Å². The van der Waals surface area contributed by atoms with Crippen LogP contribution < -0.4 is 0 Å². The third kappa shape index (κ3) is 2.92. The second-order valence-corrected chi connectivity index (χ2v) is 4.10. The Labute approximate surface area is 103 Å². The summed E-state index contributed by atoms with van der Waals surface area (Å²) in [5, 5.41) is 0. The standard InChI is InChI=1S/C10H7F5O2S/c1-17-5(16)3-18-2-4-6(11)8(13)10(15)9(14)7(4)12/h2-3H2,1H3. The first kappa shape index (κ1) is 14.7. The molecule has 100 valence electrons. The van der Waals surface area contributed by atoms with Crippen molar-refractivity contribution in [3.63, 3.8) is 0 Å². The first-order chi connectivity index (χ1) is 8.40. The van der Waals surface area contributed by atoms with Gasteiger partial charge in [0.2, 0.25) is 5.82 Å². The molecule has 1 aromatic carbocycles. The highest BCUT2D eigenvalue weighted by Gasteiger charge is 2.25. The third-order valence-electron chi connectivity index (χ3n) is 1.99. The van der Waals surface area contributed by atoms with Crippen molar-refractivity contribution in [2.75, 3.05) is 12.9 Å². The molecule has 8 heteroatoms. The summed E-state index contributed by atoms with van der Waals surface area (Å²) in [6.45, 7) is 0. The highest BCUT2D eigenvalue weighted by Crippen LogP contribution is 2.26. The summed E-state index contributed by atoms with van der Waals surface area (Å²) in [5.41, 5.74) is -0.958. The predicted molar refractivity (Wildman–Crippen MR) is 54.4 cm³/mol. The molecule has 0 saturated carbocycles. The minimum Gasteiger partial charge on any atom is -0.468 e. The molecule has 1 rings (SSSR count). The Morgan fingerprint density at radius 2 is 1.44 bits per heavy atom. The van der Waals surface area contributed by atoms with E-state index in [2.05, 4.69) is 4.74 Å². The molecule has 0 amide bonds. The lowest BCUT2D eigenvalue weighted by Gasteiger charge is -2.07. The second-order valence-electron chi connectivity index (χ2n) is 3.12. The lowest BCUT2D eigenvalue weighted by molar-refractivity contribution is -0.137. The van der Waals surface area contributed by atoms with Gasteiger partial charge in [-0.1, -0.05) is 0 Å². The number of carbonyl (C=O) groups excluding carboxylic acids is 1. The van der Waals surface area contributed by atoms with Crippen LogP contribution in [0.15, 0.2) is 0 Å². The predicted octanol–water partition coefficient (Wildman–Crippen LogP) is 2.79. The van der Waals surface area contributed by atoms with Crippen LogP contribution in [-0.4, -0.2) is 18.8 Å². The first-order valence-electron chi connectivity index (χ1n) is 4.55. The fraction of sp³-hybridized carbons (Fsp3) is 0.300. The molecule has 18 heavy (non-hydrogen) atoms. The first-order valence-corrected chi connectivity index (χ1v) is 5.70. The van der Waals surface area contributed by atoms with E-state index < -0.39 is 46.4 Å². The molecule has 0 atom stereocenters. The summed E-state index contributed by atoms with van der Waals surface area (Å²) >= 11 is 0.680. The lowest BCUT2D eigenvalue weighted by Crippen LogP contribution is -2.08. The molecule has 0 aliphatic heterocycles. The summed E-state index contributed by atoms with van der Waals surface area (Å²) in [7, 11) is 1.11. The Hall–Kier alpha value is -1.31. The average Bonchev–Trinajstić information content (AvgIpc) is 2.37. The Balaban J connectivity index is 2.93. The number of methoxy groups -OCH3 is 1. The van der Waals surface area contributed by atoms with Crippen LogP contribution >= 0.6 is 11.8 Å². The van der Waals surface area contributed by atoms with Crippen LogP contribution in [0.5, 0.6) is 0 Å². The zero-order valence-electron chi connectivity index (χ0n) is 9.03. The molecule has 0 bridgehead atoms. The van der Waals surface area contributed by atoms with Crippen molar-refractivity contribution in [1.29, 1.82) is 0 Å². The topological polar surface area (TPSA) is 26.3 Å². The molecule has 0 aromatic heterocycles. The third-order valence-corrected chi connectivity index (χ3v) is 2.93. The second kappa shape index (κ2) is 6.03. The van der Waals surface area contributed by atoms with Crippen molar-refractivity contribution in [3.8, 4) is 0 Å². The van der Waals surface area contributed by atoms with Crippen molar-refractivity contribution in [1.82, 2.24) is 0 Å². The van der Waals surface area contributed by atoms with Gasteiger partial charge in [-0.15, -0.1) is 11.8 Å². The SMILES string of the molecule is COC(=O)CSCc1c(F)c(F)c(F)c(F)c1F. The summed E-state index contributed by atoms with van der Waals surface area (Å²) < 4.78 is 68.9. The molecule has 0 radical (unpaired) electrons. The molecule has 0 aliphatic rings. The number of halogens is 5. The lowest BCUT2D eigenvalue weighted by atomic mass is 10.2. The zero-order valence-corrected chi connectivity index (χ0v) is 9.85. The van der Waals surface area contributed by atoms with E-state index in [-0.39, 0.29) is 5.75 Å². The minimum absolute atomic E-state index is 0.254. The normalized spacial score (nSPS) is 10.6. The molecule has 1 aromatic rings. The van der Waals surface area contributed by atoms with Crippen LogP contribution in [0.1, 0.15) is 5.56 Å². The van der Waals surface area contributed by atoms with E-state index in [0.29, 0.717) is 11.8 Å². The molecule has 0 saturated heterocycles. The van der Waals surface area contributed by atoms with E-state index in [9.17, 15) is 26.7 Å². The number of carbonyl (C=O) groups is 1. The Morgan fingerprint density at radius 3 is 1.89 bits per heavy atom. The summed E-state index contributed by atoms with van der Waals surface area (Å²) in [6.07, 6.45) is 0. The monoisotopic (exact) mass is 286 g/mol. The van der Waals surface area contributed by atoms with Crippen molar-refractivity contribution < 1.29 is 31.5 Å². The number of hydrogen-bond donors (Lipinski definition) is 0. The number of rotatable bonds is 4. The minimum atomic E-state index is -2.20. The maximum atomic E-state index is 13.2. The van der Waals surface area contributed by atoms with Gasteiger partial charge in [0.15, 0.2) is 23.3 Å². The van der Waals surface area contributed by atoms with Gasteiger partial charge in [-0.05, 0) is 0 Å². The summed E-state index contributed by atoms with van der Waals surface area (Å²) in [5.74, 6) is -11.4. The maximum absolute atomic E-state index is 13.2. The van der Waals surface area contributed by atoms with Crippen LogP contribution in [0.4, 0.5) is 22.0 Å². The molecule has 2 nitrogen and oxygen atoms in total.